The first kappa shape index (κ1) is 23.6. The van der Waals surface area contributed by atoms with Crippen molar-refractivity contribution < 1.29 is 13.2 Å². The first-order chi connectivity index (χ1) is 14.4. The summed E-state index contributed by atoms with van der Waals surface area (Å²) in [4.78, 5) is 0.0254. The van der Waals surface area contributed by atoms with Crippen LogP contribution in [0.25, 0.3) is 0 Å². The number of hydrogen-bond acceptors (Lipinski definition) is 4. The third kappa shape index (κ3) is 7.30. The number of methoxy groups -OCH3 is 1. The Hall–Kier alpha value is -2.67. The fraction of sp³-hybridized carbons (Fsp3) is 0.250. The van der Waals surface area contributed by atoms with E-state index >= 15 is 0 Å². The quantitative estimate of drug-likeness (QED) is 0.520. The maximum absolute atomic E-state index is 12.8. The average Bonchev–Trinajstić information content (AvgIpc) is 2.77. The second-order valence-corrected chi connectivity index (χ2v) is 8.67. The zero-order valence-electron chi connectivity index (χ0n) is 17.8. The number of nitrogens with one attached hydrogen (secondary N) is 2. The summed E-state index contributed by atoms with van der Waals surface area (Å²) in [5.74, 6) is 0.786. The Kier molecular flexibility index (Phi) is 9.05. The largest absolute Gasteiger partial charge is 0.497 e. The topological polar surface area (TPSA) is 67.4 Å². The predicted octanol–water partition coefficient (Wildman–Crippen LogP) is 4.48. The summed E-state index contributed by atoms with van der Waals surface area (Å²) in [5, 5.41) is 3.33. The normalized spacial score (nSPS) is 13.4. The van der Waals surface area contributed by atoms with Gasteiger partial charge in [0.05, 0.1) is 18.1 Å². The molecule has 0 aliphatic carbocycles. The first-order valence-corrected chi connectivity index (χ1v) is 11.2. The van der Waals surface area contributed by atoms with E-state index in [4.69, 9.17) is 4.74 Å². The van der Waals surface area contributed by atoms with Gasteiger partial charge in [-0.2, -0.15) is 0 Å². The van der Waals surface area contributed by atoms with E-state index in [-0.39, 0.29) is 4.91 Å². The van der Waals surface area contributed by atoms with E-state index in [1.165, 1.54) is 6.08 Å². The number of rotatable bonds is 11. The molecule has 0 aliphatic heterocycles. The van der Waals surface area contributed by atoms with E-state index in [1.54, 1.807) is 13.2 Å². The van der Waals surface area contributed by atoms with Gasteiger partial charge in [-0.25, -0.2) is 13.1 Å². The summed E-state index contributed by atoms with van der Waals surface area (Å²) in [5.41, 5.74) is 2.89. The molecule has 0 bridgehead atoms. The minimum atomic E-state index is -3.74. The first-order valence-electron chi connectivity index (χ1n) is 9.76. The van der Waals surface area contributed by atoms with Crippen LogP contribution in [0, 0.1) is 0 Å². The molecule has 0 fully saturated rings. The van der Waals surface area contributed by atoms with Crippen LogP contribution in [0.4, 0.5) is 0 Å². The van der Waals surface area contributed by atoms with Crippen LogP contribution in [0.3, 0.4) is 0 Å². The third-order valence-electron chi connectivity index (χ3n) is 4.64. The lowest BCUT2D eigenvalue weighted by molar-refractivity contribution is 0.414. The van der Waals surface area contributed by atoms with E-state index in [2.05, 4.69) is 16.6 Å². The summed E-state index contributed by atoms with van der Waals surface area (Å²) in [6.07, 6.45) is 5.16. The zero-order valence-corrected chi connectivity index (χ0v) is 18.6. The third-order valence-corrected chi connectivity index (χ3v) is 6.06. The van der Waals surface area contributed by atoms with Crippen molar-refractivity contribution >= 4 is 10.0 Å². The maximum atomic E-state index is 12.8. The molecule has 0 spiro atoms. The second kappa shape index (κ2) is 11.5. The van der Waals surface area contributed by atoms with Crippen LogP contribution in [-0.4, -0.2) is 22.1 Å². The zero-order chi connectivity index (χ0) is 22.0. The van der Waals surface area contributed by atoms with Crippen molar-refractivity contribution in [1.29, 1.82) is 0 Å². The number of sulfonamides is 1. The Morgan fingerprint density at radius 2 is 1.87 bits per heavy atom. The fourth-order valence-corrected chi connectivity index (χ4v) is 3.72. The van der Waals surface area contributed by atoms with Gasteiger partial charge in [0.1, 0.15) is 5.75 Å². The Labute approximate surface area is 180 Å². The molecule has 1 atom stereocenters. The molecule has 2 rings (SSSR count). The molecule has 2 aromatic rings. The summed E-state index contributed by atoms with van der Waals surface area (Å²) >= 11 is 0. The molecule has 0 heterocycles. The van der Waals surface area contributed by atoms with Crippen LogP contribution in [0.15, 0.2) is 89.9 Å². The minimum Gasteiger partial charge on any atom is -0.497 e. The molecule has 6 heteroatoms. The molecule has 0 saturated heterocycles. The number of allylic oxidation sites excluding steroid dienone is 4. The lowest BCUT2D eigenvalue weighted by Crippen LogP contribution is -2.35. The van der Waals surface area contributed by atoms with Gasteiger partial charge in [0.25, 0.3) is 0 Å². The van der Waals surface area contributed by atoms with Crippen molar-refractivity contribution in [3.05, 3.63) is 101 Å². The van der Waals surface area contributed by atoms with Gasteiger partial charge >= 0.3 is 0 Å². The molecule has 2 aromatic carbocycles. The van der Waals surface area contributed by atoms with Gasteiger partial charge in [-0.1, -0.05) is 66.8 Å². The van der Waals surface area contributed by atoms with Crippen molar-refractivity contribution in [1.82, 2.24) is 10.0 Å². The molecule has 0 aliphatic rings. The van der Waals surface area contributed by atoms with Gasteiger partial charge in [-0.3, -0.25) is 0 Å². The van der Waals surface area contributed by atoms with Crippen molar-refractivity contribution in [2.24, 2.45) is 0 Å². The summed E-state index contributed by atoms with van der Waals surface area (Å²) in [7, 11) is -2.10. The van der Waals surface area contributed by atoms with Crippen LogP contribution in [0.5, 0.6) is 5.75 Å². The van der Waals surface area contributed by atoms with Gasteiger partial charge in [-0.15, -0.1) is 0 Å². The minimum absolute atomic E-state index is 0.0254. The lowest BCUT2D eigenvalue weighted by Gasteiger charge is -2.20. The van der Waals surface area contributed by atoms with E-state index in [9.17, 15) is 8.42 Å². The number of benzene rings is 2. The maximum Gasteiger partial charge on any atom is 0.240 e. The fourth-order valence-electron chi connectivity index (χ4n) is 2.73. The summed E-state index contributed by atoms with van der Waals surface area (Å²) < 4.78 is 33.6. The molecule has 0 aromatic heterocycles. The van der Waals surface area contributed by atoms with Crippen LogP contribution in [0.1, 0.15) is 31.0 Å². The van der Waals surface area contributed by atoms with E-state index in [0.29, 0.717) is 13.1 Å². The van der Waals surface area contributed by atoms with Crippen LogP contribution in [0.2, 0.25) is 0 Å². The molecule has 1 unspecified atom stereocenters. The summed E-state index contributed by atoms with van der Waals surface area (Å²) in [6, 6.07) is 16.8. The molecule has 0 amide bonds. The molecular weight excluding hydrogens is 396 g/mol. The standard InChI is InChI=1S/C24H30N2O3S/c1-5-19(2)14-15-20(3)30(27,28)26-24(22-11-7-6-8-12-22)18-25-17-21-10-9-13-23(16-21)29-4/h5-16,24-26H,3,17-18H2,1-2,4H3/b15-14-,19-5-. The Morgan fingerprint density at radius 3 is 2.53 bits per heavy atom. The molecule has 30 heavy (non-hydrogen) atoms. The molecule has 0 saturated carbocycles. The Morgan fingerprint density at radius 1 is 1.13 bits per heavy atom. The van der Waals surface area contributed by atoms with E-state index < -0.39 is 16.1 Å². The molecule has 5 nitrogen and oxygen atoms in total. The lowest BCUT2D eigenvalue weighted by atomic mass is 10.1. The Bertz CT molecular complexity index is 996. The SMILES string of the molecule is C=C(/C=C\C(C)=C/C)S(=O)(=O)NC(CNCc1cccc(OC)c1)c1ccccc1. The highest BCUT2D eigenvalue weighted by molar-refractivity contribution is 7.93. The highest BCUT2D eigenvalue weighted by atomic mass is 32.2. The predicted molar refractivity (Wildman–Crippen MR) is 124 cm³/mol. The van der Waals surface area contributed by atoms with Crippen LogP contribution >= 0.6 is 0 Å². The number of hydrogen-bond donors (Lipinski definition) is 2. The van der Waals surface area contributed by atoms with E-state index in [0.717, 1.165) is 22.4 Å². The van der Waals surface area contributed by atoms with Crippen LogP contribution < -0.4 is 14.8 Å². The van der Waals surface area contributed by atoms with Gasteiger partial charge in [0, 0.05) is 13.1 Å². The van der Waals surface area contributed by atoms with Crippen molar-refractivity contribution in [3.8, 4) is 5.75 Å². The Balaban J connectivity index is 2.11. The summed E-state index contributed by atoms with van der Waals surface area (Å²) in [6.45, 7) is 8.54. The van der Waals surface area contributed by atoms with Gasteiger partial charge in [0.15, 0.2) is 0 Å². The smallest absolute Gasteiger partial charge is 0.240 e. The van der Waals surface area contributed by atoms with Gasteiger partial charge in [0.2, 0.25) is 10.0 Å². The molecule has 2 N–H and O–H groups in total. The van der Waals surface area contributed by atoms with Crippen molar-refractivity contribution in [2.75, 3.05) is 13.7 Å². The highest BCUT2D eigenvalue weighted by Crippen LogP contribution is 2.17. The van der Waals surface area contributed by atoms with Gasteiger partial charge in [-0.05, 0) is 43.2 Å². The molecular formula is C24H30N2O3S. The van der Waals surface area contributed by atoms with Crippen molar-refractivity contribution in [3.63, 3.8) is 0 Å². The monoisotopic (exact) mass is 426 g/mol. The average molecular weight is 427 g/mol. The van der Waals surface area contributed by atoms with Gasteiger partial charge < -0.3 is 10.1 Å². The van der Waals surface area contributed by atoms with Crippen LogP contribution in [-0.2, 0) is 16.6 Å². The second-order valence-electron chi connectivity index (χ2n) is 6.90. The highest BCUT2D eigenvalue weighted by Gasteiger charge is 2.21. The number of ether oxygens (including phenoxy) is 1. The molecule has 0 radical (unpaired) electrons. The van der Waals surface area contributed by atoms with Crippen molar-refractivity contribution in [2.45, 2.75) is 26.4 Å². The molecule has 160 valence electrons. The van der Waals surface area contributed by atoms with E-state index in [1.807, 2.05) is 74.5 Å².